The summed E-state index contributed by atoms with van der Waals surface area (Å²) in [6.07, 6.45) is 5.64. The van der Waals surface area contributed by atoms with Crippen molar-refractivity contribution >= 4 is 92.6 Å². The van der Waals surface area contributed by atoms with Gasteiger partial charge in [0, 0.05) is 66.9 Å². The number of amides is 4. The fraction of sp³-hybridized carbons (Fsp3) is 0. The molecule has 0 saturated heterocycles. The standard InChI is InChI=1S/C88H58N16O12.Zn/c105-65-29-9-5-23-57(65)85(109)101-89-45-49-19-1-13-33-69(49)113-53-39-41-55-63(43-53)81-94-77(55)93-78-56-42-40-54(114-70-34-14-2-20-50(70)46-90-102-86(110)58-24-6-10-30-66(58)106)44-64(56)82(95-78)97-80-62-28-18-38-74(116-72-36-16-4-22-52(72)48-92-104-88(112)60-26-8-12-32-68(60)108)76(62)84(99-80)100-83-75-61(79(96-81)98-83)27-17-37-73(75)115-71-35-15-3-21-51(71)47-91-103-87(111)59-25-7-11-31-67(59)107;/h1-48H,(H10,93,94,95,96,97,98,99,100,101,102,103,104,105,106,107,108,109,110,111,112);/q;+2/p-2/b89-45+,90-46+,91-47-,92-48+;. The van der Waals surface area contributed by atoms with Crippen LogP contribution in [0.4, 0.5) is 0 Å². The Hall–Kier alpha value is -16.4. The number of nitrogens with one attached hydrogen (secondary N) is 4. The summed E-state index contributed by atoms with van der Waals surface area (Å²) in [5.74, 6) is -0.543. The van der Waals surface area contributed by atoms with Crippen LogP contribution < -0.4 is 50.6 Å². The molecule has 0 radical (unpaired) electrons. The predicted molar refractivity (Wildman–Crippen MR) is 433 cm³/mol. The molecule has 8 bridgehead atoms. The molecule has 5 heterocycles. The molecule has 0 unspecified atom stereocenters. The number of carbonyl (C=O) groups excluding carboxylic acids is 4. The summed E-state index contributed by atoms with van der Waals surface area (Å²) in [6, 6.07) is 73.5. The van der Waals surface area contributed by atoms with Crippen molar-refractivity contribution in [2.45, 2.75) is 0 Å². The molecule has 29 heteroatoms. The van der Waals surface area contributed by atoms with E-state index in [1.807, 2.05) is 0 Å². The molecule has 4 amide bonds. The van der Waals surface area contributed by atoms with Crippen LogP contribution >= 0.6 is 0 Å². The van der Waals surface area contributed by atoms with E-state index >= 15 is 0 Å². The van der Waals surface area contributed by atoms with Crippen molar-refractivity contribution in [3.63, 3.8) is 0 Å². The second-order valence-corrected chi connectivity index (χ2v) is 25.7. The molecule has 0 atom stereocenters. The Balaban J connectivity index is 0.0000102. The zero-order chi connectivity index (χ0) is 79.2. The number of hydrazone groups is 4. The minimum Gasteiger partial charge on any atom is -0.507 e. The summed E-state index contributed by atoms with van der Waals surface area (Å²) >= 11 is 0. The molecule has 0 spiro atoms. The molecule has 2 aliphatic rings. The van der Waals surface area contributed by atoms with E-state index in [4.69, 9.17) is 58.8 Å². The van der Waals surface area contributed by atoms with Crippen LogP contribution in [-0.4, -0.2) is 98.8 Å². The average Bonchev–Trinajstić information content (AvgIpc) is 1.59. The molecule has 3 aromatic heterocycles. The van der Waals surface area contributed by atoms with Gasteiger partial charge in [0.15, 0.2) is 0 Å². The second kappa shape index (κ2) is 32.9. The van der Waals surface area contributed by atoms with Crippen LogP contribution in [0.15, 0.2) is 287 Å². The Morgan fingerprint density at radius 2 is 0.650 bits per heavy atom. The zero-order valence-electron chi connectivity index (χ0n) is 60.8. The number of phenolic OH excluding ortho intramolecular Hbond substituents is 4. The quantitative estimate of drug-likeness (QED) is 0.0200. The first-order valence-corrected chi connectivity index (χ1v) is 35.6. The molecule has 17 rings (SSSR count). The summed E-state index contributed by atoms with van der Waals surface area (Å²) in [5.41, 5.74) is 14.1. The summed E-state index contributed by atoms with van der Waals surface area (Å²) in [7, 11) is 0. The molecule has 562 valence electrons. The first-order valence-electron chi connectivity index (χ1n) is 35.6. The van der Waals surface area contributed by atoms with Gasteiger partial charge in [0.05, 0.1) is 76.0 Å². The Labute approximate surface area is 674 Å². The van der Waals surface area contributed by atoms with Crippen molar-refractivity contribution in [2.24, 2.45) is 20.4 Å². The number of aromatic nitrogens is 8. The van der Waals surface area contributed by atoms with E-state index in [0.29, 0.717) is 89.1 Å². The summed E-state index contributed by atoms with van der Waals surface area (Å²) in [6.45, 7) is 0. The number of carbonyl (C=O) groups is 4. The van der Waals surface area contributed by atoms with E-state index in [0.717, 1.165) is 0 Å². The van der Waals surface area contributed by atoms with E-state index in [2.05, 4.69) is 42.1 Å². The number of ether oxygens (including phenoxy) is 4. The van der Waals surface area contributed by atoms with Gasteiger partial charge in [-0.25, -0.2) is 31.7 Å². The van der Waals surface area contributed by atoms with E-state index in [1.165, 1.54) is 73.4 Å². The van der Waals surface area contributed by atoms with Gasteiger partial charge in [0.1, 0.15) is 69.0 Å². The van der Waals surface area contributed by atoms with Crippen molar-refractivity contribution in [2.75, 3.05) is 0 Å². The van der Waals surface area contributed by atoms with E-state index in [-0.39, 0.29) is 134 Å². The van der Waals surface area contributed by atoms with Gasteiger partial charge in [-0.15, -0.1) is 0 Å². The predicted octanol–water partition coefficient (Wildman–Crippen LogP) is 15.2. The zero-order valence-corrected chi connectivity index (χ0v) is 63.8. The summed E-state index contributed by atoms with van der Waals surface area (Å²) < 4.78 is 27.1. The normalized spacial score (nSPS) is 11.5. The number of rotatable bonds is 20. The van der Waals surface area contributed by atoms with Crippen LogP contribution in [0.5, 0.6) is 69.0 Å². The van der Waals surface area contributed by atoms with Crippen LogP contribution in [0.25, 0.3) is 89.7 Å². The maximum Gasteiger partial charge on any atom is 2.00 e. The largest absolute Gasteiger partial charge is 2.00 e. The molecule has 15 aromatic rings. The minimum absolute atomic E-state index is 0. The number of hydrogen-bond donors (Lipinski definition) is 8. The van der Waals surface area contributed by atoms with Gasteiger partial charge >= 0.3 is 19.5 Å². The molecule has 28 nitrogen and oxygen atoms in total. The summed E-state index contributed by atoms with van der Waals surface area (Å²) in [4.78, 5) is 94.6. The fourth-order valence-corrected chi connectivity index (χ4v) is 12.7. The SMILES string of the molecule is O=C(N/N=C\c1ccccc1Oc1cccc2c1-c1nc-2nc2[n-]c(nc3nc(nc4[n-]c(n1)c1c(Oc5ccccc5/C=N/NC(=O)c5ccccc5O)cccc41)-c1cc(Oc4ccccc4/C=N/NC(=O)c4ccccc4O)ccc1-3)c1ccc(Oc3ccccc3/C=N/NC(=O)c3ccccc3O)cc21)c1ccccc1O.[Zn+2]. The van der Waals surface area contributed by atoms with Crippen molar-refractivity contribution < 1.29 is 78.0 Å². The number of fused-ring (bicyclic) bond motifs is 20. The van der Waals surface area contributed by atoms with Crippen molar-refractivity contribution in [1.82, 2.24) is 61.6 Å². The first kappa shape index (κ1) is 74.7. The van der Waals surface area contributed by atoms with Crippen molar-refractivity contribution in [1.29, 1.82) is 0 Å². The van der Waals surface area contributed by atoms with Crippen molar-refractivity contribution in [3.8, 4) is 115 Å². The van der Waals surface area contributed by atoms with Crippen molar-refractivity contribution in [3.05, 3.63) is 311 Å². The Kier molecular flexibility index (Phi) is 21.0. The number of nitrogens with zero attached hydrogens (tertiary/aromatic N) is 12. The number of hydrogen-bond acceptors (Lipinski definition) is 22. The van der Waals surface area contributed by atoms with Crippen LogP contribution in [0.1, 0.15) is 63.7 Å². The smallest absolute Gasteiger partial charge is 0.507 e. The van der Waals surface area contributed by atoms with Gasteiger partial charge in [0.2, 0.25) is 0 Å². The third-order valence-electron chi connectivity index (χ3n) is 18.3. The number of phenols is 4. The third-order valence-corrected chi connectivity index (χ3v) is 18.3. The van der Waals surface area contributed by atoms with Crippen LogP contribution in [-0.2, 0) is 19.5 Å². The van der Waals surface area contributed by atoms with E-state index < -0.39 is 23.6 Å². The number of para-hydroxylation sites is 8. The van der Waals surface area contributed by atoms with E-state index in [9.17, 15) is 39.6 Å². The maximum atomic E-state index is 13.2. The van der Waals surface area contributed by atoms with E-state index in [1.54, 1.807) is 218 Å². The molecule has 0 aliphatic carbocycles. The second-order valence-electron chi connectivity index (χ2n) is 25.7. The minimum atomic E-state index is -0.654. The third kappa shape index (κ3) is 15.7. The van der Waals surface area contributed by atoms with Gasteiger partial charge in [-0.1, -0.05) is 121 Å². The molecular formula is C88H56N16O12Zn. The molecule has 117 heavy (non-hydrogen) atoms. The van der Waals surface area contributed by atoms with Gasteiger partial charge in [-0.3, -0.25) is 19.2 Å². The monoisotopic (exact) mass is 1590 g/mol. The topological polar surface area (TPSA) is 389 Å². The van der Waals surface area contributed by atoms with Crippen LogP contribution in [0.3, 0.4) is 0 Å². The molecule has 0 fully saturated rings. The van der Waals surface area contributed by atoms with Crippen LogP contribution in [0.2, 0.25) is 0 Å². The van der Waals surface area contributed by atoms with Gasteiger partial charge in [-0.2, -0.15) is 20.4 Å². The molecule has 2 aliphatic heterocycles. The molecule has 8 N–H and O–H groups in total. The van der Waals surface area contributed by atoms with Gasteiger partial charge < -0.3 is 69.3 Å². The van der Waals surface area contributed by atoms with Gasteiger partial charge in [0.25, 0.3) is 23.6 Å². The Morgan fingerprint density at radius 3 is 1.14 bits per heavy atom. The molecule has 12 aromatic carbocycles. The van der Waals surface area contributed by atoms with Crippen LogP contribution in [0, 0.1) is 0 Å². The first-order chi connectivity index (χ1) is 56.8. The maximum absolute atomic E-state index is 13.2. The molecule has 0 saturated carbocycles. The Bertz CT molecular complexity index is 6830. The Morgan fingerprint density at radius 1 is 0.299 bits per heavy atom. The van der Waals surface area contributed by atoms with Gasteiger partial charge in [-0.05, 0) is 162 Å². The average molecular weight is 1590 g/mol. The molecular weight excluding hydrogens is 1540 g/mol. The number of aromatic hydroxyl groups is 4. The summed E-state index contributed by atoms with van der Waals surface area (Å²) in [5, 5.41) is 60.2. The number of benzene rings is 12. The fourth-order valence-electron chi connectivity index (χ4n) is 12.7.